The zero-order valence-electron chi connectivity index (χ0n) is 29.2. The third-order valence-electron chi connectivity index (χ3n) is 7.86. The second-order valence-electron chi connectivity index (χ2n) is 12.1. The first kappa shape index (κ1) is 42.9. The van der Waals surface area contributed by atoms with E-state index in [2.05, 4.69) is 41.9 Å². The molecule has 0 bridgehead atoms. The van der Waals surface area contributed by atoms with E-state index in [0.717, 1.165) is 10.9 Å². The van der Waals surface area contributed by atoms with E-state index in [4.69, 9.17) is 17.2 Å². The summed E-state index contributed by atoms with van der Waals surface area (Å²) >= 11 is 0. The van der Waals surface area contributed by atoms with E-state index >= 15 is 0 Å². The number of hydrogen-bond acceptors (Lipinski definition) is 11. The molecule has 3 rings (SSSR count). The molecule has 1 aliphatic heterocycles. The average Bonchev–Trinajstić information content (AvgIpc) is 3.52. The molecular formula is C32H45N11O9S2. The van der Waals surface area contributed by atoms with Gasteiger partial charge in [0.1, 0.15) is 24.2 Å². The van der Waals surface area contributed by atoms with Crippen LogP contribution in [0.15, 0.2) is 35.5 Å². The fraction of sp³-hybridized carbons (Fsp3) is 0.469. The maximum absolute atomic E-state index is 13.5. The molecular weight excluding hydrogens is 747 g/mol. The Morgan fingerprint density at radius 2 is 1.46 bits per heavy atom. The minimum Gasteiger partial charge on any atom is -0.481 e. The van der Waals surface area contributed by atoms with Crippen LogP contribution in [-0.2, 0) is 44.8 Å². The van der Waals surface area contributed by atoms with Crippen molar-refractivity contribution < 1.29 is 43.5 Å². The molecule has 0 radical (unpaired) electrons. The van der Waals surface area contributed by atoms with Crippen LogP contribution in [0.3, 0.4) is 0 Å². The number of aromatic amines is 1. The number of nitrogens with two attached hydrogens (primary N) is 3. The number of carbonyl (C=O) groups excluding carboxylic acids is 7. The van der Waals surface area contributed by atoms with Crippen LogP contribution in [0.4, 0.5) is 0 Å². The van der Waals surface area contributed by atoms with E-state index < -0.39 is 91.0 Å². The first-order valence-corrected chi connectivity index (χ1v) is 19.3. The average molecular weight is 792 g/mol. The molecule has 294 valence electrons. The standard InChI is InChI=1S/C32H45N11O9S2/c33-28(49)23-16-54-53-10-8-24(44)40-20(7-3-4-9-36-32(34)35)29(50)38-14-25(45)41-22(12-27(47)48)31(52)43-21(30(51)39-15-26(46)42-23)11-17-13-37-19-6-2-1-5-18(17)19/h1-2,5-6,13,20-23,37H,3-4,7-12,14-16H2,(H2,33,49)(H,38,50)(H,39,51)(H,40,44)(H,41,45)(H,42,46)(H,43,52)(H,47,48)(H4,34,35,36)/t20-,21+,22-,23-/m0/s1. The third-order valence-corrected chi connectivity index (χ3v) is 10.3. The van der Waals surface area contributed by atoms with Crippen LogP contribution in [0.5, 0.6) is 0 Å². The number of fused-ring (bicyclic) bond motifs is 1. The van der Waals surface area contributed by atoms with Crippen molar-refractivity contribution in [1.29, 1.82) is 0 Å². The number of hydrogen-bond donors (Lipinski definition) is 11. The monoisotopic (exact) mass is 791 g/mol. The number of para-hydroxylation sites is 1. The molecule has 4 atom stereocenters. The third kappa shape index (κ3) is 14.8. The molecule has 20 nitrogen and oxygen atoms in total. The normalized spacial score (nSPS) is 21.7. The second-order valence-corrected chi connectivity index (χ2v) is 14.7. The molecule has 7 amide bonds. The van der Waals surface area contributed by atoms with Gasteiger partial charge in [-0.3, -0.25) is 43.3 Å². The van der Waals surface area contributed by atoms with Crippen molar-refractivity contribution in [2.24, 2.45) is 22.2 Å². The number of H-pyrrole nitrogens is 1. The summed E-state index contributed by atoms with van der Waals surface area (Å²) in [7, 11) is 2.39. The van der Waals surface area contributed by atoms with Crippen LogP contribution < -0.4 is 49.1 Å². The second kappa shape index (κ2) is 21.9. The lowest BCUT2D eigenvalue weighted by Gasteiger charge is -2.23. The number of rotatable bonds is 10. The van der Waals surface area contributed by atoms with E-state index in [1.807, 2.05) is 0 Å². The highest BCUT2D eigenvalue weighted by atomic mass is 33.1. The number of carboxylic acids is 1. The Morgan fingerprint density at radius 3 is 2.15 bits per heavy atom. The van der Waals surface area contributed by atoms with Crippen LogP contribution >= 0.6 is 21.6 Å². The Kier molecular flexibility index (Phi) is 17.4. The highest BCUT2D eigenvalue weighted by Crippen LogP contribution is 2.23. The molecule has 22 heteroatoms. The van der Waals surface area contributed by atoms with Crippen molar-refractivity contribution in [3.05, 3.63) is 36.0 Å². The molecule has 1 fully saturated rings. The highest BCUT2D eigenvalue weighted by molar-refractivity contribution is 8.76. The number of aliphatic carboxylic acids is 1. The topological polar surface area (TPSA) is 335 Å². The molecule has 2 aromatic rings. The molecule has 1 aliphatic rings. The minimum atomic E-state index is -1.69. The quantitative estimate of drug-likeness (QED) is 0.0498. The van der Waals surface area contributed by atoms with Crippen molar-refractivity contribution in [2.45, 2.75) is 62.7 Å². The summed E-state index contributed by atoms with van der Waals surface area (Å²) in [6, 6.07) is 1.91. The summed E-state index contributed by atoms with van der Waals surface area (Å²) in [5.74, 6) is -6.82. The summed E-state index contributed by atoms with van der Waals surface area (Å²) in [5.41, 5.74) is 17.5. The molecule has 1 aromatic carbocycles. The van der Waals surface area contributed by atoms with Crippen molar-refractivity contribution in [1.82, 2.24) is 36.9 Å². The van der Waals surface area contributed by atoms with Gasteiger partial charge < -0.3 is 59.2 Å². The molecule has 1 aromatic heterocycles. The predicted molar refractivity (Wildman–Crippen MR) is 201 cm³/mol. The van der Waals surface area contributed by atoms with Crippen LogP contribution in [0, 0.1) is 0 Å². The lowest BCUT2D eigenvalue weighted by molar-refractivity contribution is -0.141. The van der Waals surface area contributed by atoms with Gasteiger partial charge in [-0.2, -0.15) is 0 Å². The van der Waals surface area contributed by atoms with Gasteiger partial charge >= 0.3 is 5.97 Å². The lowest BCUT2D eigenvalue weighted by atomic mass is 10.0. The van der Waals surface area contributed by atoms with Crippen LogP contribution in [0.1, 0.15) is 37.7 Å². The summed E-state index contributed by atoms with van der Waals surface area (Å²) < 4.78 is 0. The smallest absolute Gasteiger partial charge is 0.305 e. The molecule has 0 aliphatic carbocycles. The fourth-order valence-corrected chi connectivity index (χ4v) is 7.33. The number of aliphatic imine (C=N–C) groups is 1. The van der Waals surface area contributed by atoms with Crippen molar-refractivity contribution in [3.8, 4) is 0 Å². The fourth-order valence-electron chi connectivity index (χ4n) is 5.17. The number of guanidine groups is 1. The Hall–Kier alpha value is -5.51. The van der Waals surface area contributed by atoms with Gasteiger partial charge in [-0.25, -0.2) is 0 Å². The molecule has 0 spiro atoms. The van der Waals surface area contributed by atoms with Crippen LogP contribution in [-0.4, -0.2) is 119 Å². The Morgan fingerprint density at radius 1 is 0.796 bits per heavy atom. The van der Waals surface area contributed by atoms with Gasteiger partial charge in [-0.1, -0.05) is 39.8 Å². The van der Waals surface area contributed by atoms with Gasteiger partial charge in [0, 0.05) is 48.0 Å². The Balaban J connectivity index is 1.85. The zero-order valence-corrected chi connectivity index (χ0v) is 30.8. The van der Waals surface area contributed by atoms with Gasteiger partial charge in [-0.05, 0) is 30.9 Å². The molecule has 54 heavy (non-hydrogen) atoms. The largest absolute Gasteiger partial charge is 0.481 e. The number of aromatic nitrogens is 1. The van der Waals surface area contributed by atoms with Crippen LogP contribution in [0.2, 0.25) is 0 Å². The minimum absolute atomic E-state index is 0.0265. The van der Waals surface area contributed by atoms with Gasteiger partial charge in [0.2, 0.25) is 41.4 Å². The molecule has 0 unspecified atom stereocenters. The Bertz CT molecular complexity index is 1720. The van der Waals surface area contributed by atoms with Crippen molar-refractivity contribution >= 4 is 85.8 Å². The number of nitrogens with one attached hydrogen (secondary N) is 7. The van der Waals surface area contributed by atoms with E-state index in [9.17, 15) is 43.5 Å². The van der Waals surface area contributed by atoms with E-state index in [0.29, 0.717) is 18.4 Å². The van der Waals surface area contributed by atoms with Gasteiger partial charge in [0.05, 0.1) is 19.5 Å². The molecule has 14 N–H and O–H groups in total. The molecule has 1 saturated heterocycles. The van der Waals surface area contributed by atoms with Gasteiger partial charge in [-0.15, -0.1) is 0 Å². The summed E-state index contributed by atoms with van der Waals surface area (Å²) in [4.78, 5) is 109. The zero-order chi connectivity index (χ0) is 39.6. The van der Waals surface area contributed by atoms with Crippen molar-refractivity contribution in [2.75, 3.05) is 31.1 Å². The molecule has 2 heterocycles. The summed E-state index contributed by atoms with van der Waals surface area (Å²) in [5, 5.41) is 24.9. The number of carbonyl (C=O) groups is 8. The number of benzene rings is 1. The highest BCUT2D eigenvalue weighted by Gasteiger charge is 2.30. The number of carboxylic acid groups (broad SMARTS) is 1. The van der Waals surface area contributed by atoms with Crippen molar-refractivity contribution in [3.63, 3.8) is 0 Å². The first-order valence-electron chi connectivity index (χ1n) is 16.8. The number of primary amides is 1. The van der Waals surface area contributed by atoms with E-state index in [1.165, 1.54) is 21.6 Å². The van der Waals surface area contributed by atoms with E-state index in [1.54, 1.807) is 30.5 Å². The van der Waals surface area contributed by atoms with Gasteiger partial charge in [0.15, 0.2) is 5.96 Å². The SMILES string of the molecule is NC(=O)[C@@H]1CSSCCC(=O)N[C@@H](CCCCN=C(N)N)C(=O)NCC(=O)N[C@@H](CC(=O)O)C(=O)N[C@H](Cc2c[nH]c3ccccc23)C(=O)NCC(=O)N1. The number of amides is 7. The van der Waals surface area contributed by atoms with E-state index in [-0.39, 0.29) is 43.3 Å². The van der Waals surface area contributed by atoms with Crippen LogP contribution in [0.25, 0.3) is 10.9 Å². The summed E-state index contributed by atoms with van der Waals surface area (Å²) in [6.07, 6.45) is 1.67. The Labute approximate surface area is 317 Å². The first-order chi connectivity index (χ1) is 25.7. The summed E-state index contributed by atoms with van der Waals surface area (Å²) in [6.45, 7) is -0.999. The molecule has 0 saturated carbocycles. The number of nitrogens with zero attached hydrogens (tertiary/aromatic N) is 1. The number of unbranched alkanes of at least 4 members (excludes halogenated alkanes) is 1. The van der Waals surface area contributed by atoms with Gasteiger partial charge in [0.25, 0.3) is 0 Å². The maximum atomic E-state index is 13.5. The predicted octanol–water partition coefficient (Wildman–Crippen LogP) is -2.93. The lowest BCUT2D eigenvalue weighted by Crippen LogP contribution is -2.57. The maximum Gasteiger partial charge on any atom is 0.305 e.